The van der Waals surface area contributed by atoms with Crippen molar-refractivity contribution in [3.05, 3.63) is 29.8 Å². The maximum Gasteiger partial charge on any atom is 0.573 e. The molecule has 0 aromatic heterocycles. The van der Waals surface area contributed by atoms with Crippen molar-refractivity contribution in [2.24, 2.45) is 5.92 Å². The van der Waals surface area contributed by atoms with Gasteiger partial charge in [0.1, 0.15) is 5.75 Å². The number of amides is 1. The minimum atomic E-state index is -4.75. The third-order valence-corrected chi connectivity index (χ3v) is 3.53. The molecule has 2 atom stereocenters. The lowest BCUT2D eigenvalue weighted by Gasteiger charge is -2.09. The Labute approximate surface area is 119 Å². The summed E-state index contributed by atoms with van der Waals surface area (Å²) in [4.78, 5) is 11.6. The van der Waals surface area contributed by atoms with Crippen LogP contribution in [0.3, 0.4) is 0 Å². The summed E-state index contributed by atoms with van der Waals surface area (Å²) in [5, 5.41) is 0. The van der Waals surface area contributed by atoms with Crippen LogP contribution in [0.4, 0.5) is 13.2 Å². The third kappa shape index (κ3) is 4.62. The van der Waals surface area contributed by atoms with Gasteiger partial charge >= 0.3 is 6.36 Å². The SMILES string of the molecule is CS(=O)(=O)NC(=O)C1CC1c1ccc(OC(F)(F)F)cc1. The van der Waals surface area contributed by atoms with Crippen molar-refractivity contribution >= 4 is 15.9 Å². The minimum Gasteiger partial charge on any atom is -0.406 e. The van der Waals surface area contributed by atoms with E-state index in [9.17, 15) is 26.4 Å². The predicted molar refractivity (Wildman–Crippen MR) is 67.0 cm³/mol. The molecule has 0 aliphatic heterocycles. The van der Waals surface area contributed by atoms with E-state index in [4.69, 9.17) is 0 Å². The molecule has 0 radical (unpaired) electrons. The van der Waals surface area contributed by atoms with Gasteiger partial charge in [0, 0.05) is 5.92 Å². The van der Waals surface area contributed by atoms with Crippen LogP contribution in [-0.4, -0.2) is 26.9 Å². The number of hydrogen-bond donors (Lipinski definition) is 1. The van der Waals surface area contributed by atoms with Crippen LogP contribution in [0.1, 0.15) is 17.9 Å². The number of carbonyl (C=O) groups excluding carboxylic acids is 1. The van der Waals surface area contributed by atoms with E-state index in [1.54, 1.807) is 0 Å². The average molecular weight is 323 g/mol. The predicted octanol–water partition coefficient (Wildman–Crippen LogP) is 1.76. The molecule has 1 fully saturated rings. The van der Waals surface area contributed by atoms with Crippen LogP contribution in [0.5, 0.6) is 5.75 Å². The highest BCUT2D eigenvalue weighted by Crippen LogP contribution is 2.47. The van der Waals surface area contributed by atoms with E-state index >= 15 is 0 Å². The van der Waals surface area contributed by atoms with E-state index in [-0.39, 0.29) is 11.7 Å². The van der Waals surface area contributed by atoms with Crippen LogP contribution < -0.4 is 9.46 Å². The molecule has 0 heterocycles. The molecule has 21 heavy (non-hydrogen) atoms. The number of rotatable bonds is 4. The summed E-state index contributed by atoms with van der Waals surface area (Å²) in [6, 6.07) is 5.18. The van der Waals surface area contributed by atoms with Gasteiger partial charge in [-0.2, -0.15) is 0 Å². The molecule has 0 spiro atoms. The van der Waals surface area contributed by atoms with Crippen molar-refractivity contribution in [2.75, 3.05) is 6.26 Å². The van der Waals surface area contributed by atoms with Crippen LogP contribution in [0.15, 0.2) is 24.3 Å². The Hall–Kier alpha value is -1.77. The second-order valence-corrected chi connectivity index (χ2v) is 6.55. The molecule has 1 aromatic rings. The normalized spacial score (nSPS) is 21.7. The zero-order chi connectivity index (χ0) is 15.8. The van der Waals surface area contributed by atoms with Gasteiger partial charge in [-0.3, -0.25) is 9.52 Å². The fourth-order valence-electron chi connectivity index (χ4n) is 2.03. The van der Waals surface area contributed by atoms with Gasteiger partial charge in [-0.25, -0.2) is 8.42 Å². The summed E-state index contributed by atoms with van der Waals surface area (Å²) < 4.78 is 63.5. The van der Waals surface area contributed by atoms with Crippen molar-refractivity contribution < 1.29 is 31.1 Å². The van der Waals surface area contributed by atoms with E-state index in [1.165, 1.54) is 12.1 Å². The quantitative estimate of drug-likeness (QED) is 0.916. The first-order valence-electron chi connectivity index (χ1n) is 5.92. The summed E-state index contributed by atoms with van der Waals surface area (Å²) in [6.07, 6.45) is -3.41. The van der Waals surface area contributed by atoms with Gasteiger partial charge < -0.3 is 4.74 Å². The standard InChI is InChI=1S/C12H12F3NO4S/c1-21(18,19)16-11(17)10-6-9(10)7-2-4-8(5-3-7)20-12(13,14)15/h2-5,9-10H,6H2,1H3,(H,16,17). The lowest BCUT2D eigenvalue weighted by molar-refractivity contribution is -0.274. The van der Waals surface area contributed by atoms with Crippen LogP contribution in [-0.2, 0) is 14.8 Å². The number of nitrogens with one attached hydrogen (secondary N) is 1. The first-order chi connectivity index (χ1) is 9.55. The summed E-state index contributed by atoms with van der Waals surface area (Å²) in [5.41, 5.74) is 0.665. The first-order valence-corrected chi connectivity index (χ1v) is 7.81. The Kier molecular flexibility index (Phi) is 3.87. The van der Waals surface area contributed by atoms with Gasteiger partial charge in [-0.05, 0) is 30.0 Å². The highest BCUT2D eigenvalue weighted by Gasteiger charge is 2.44. The van der Waals surface area contributed by atoms with Crippen LogP contribution in [0.25, 0.3) is 0 Å². The van der Waals surface area contributed by atoms with Gasteiger partial charge in [0.15, 0.2) is 0 Å². The number of hydrogen-bond acceptors (Lipinski definition) is 4. The zero-order valence-electron chi connectivity index (χ0n) is 10.8. The van der Waals surface area contributed by atoms with E-state index < -0.39 is 28.2 Å². The molecular formula is C12H12F3NO4S. The fraction of sp³-hybridized carbons (Fsp3) is 0.417. The molecule has 2 unspecified atom stereocenters. The highest BCUT2D eigenvalue weighted by atomic mass is 32.2. The molecule has 0 saturated heterocycles. The number of halogens is 3. The van der Waals surface area contributed by atoms with Crippen LogP contribution in [0, 0.1) is 5.92 Å². The van der Waals surface area contributed by atoms with Gasteiger partial charge in [-0.1, -0.05) is 12.1 Å². The number of ether oxygens (including phenoxy) is 1. The topological polar surface area (TPSA) is 72.5 Å². The fourth-order valence-corrected chi connectivity index (χ4v) is 2.55. The van der Waals surface area contributed by atoms with E-state index in [0.717, 1.165) is 18.4 Å². The average Bonchev–Trinajstić information content (AvgIpc) is 3.05. The zero-order valence-corrected chi connectivity index (χ0v) is 11.7. The smallest absolute Gasteiger partial charge is 0.406 e. The number of alkyl halides is 3. The molecule has 1 amide bonds. The third-order valence-electron chi connectivity index (χ3n) is 2.96. The molecule has 2 rings (SSSR count). The van der Waals surface area contributed by atoms with Gasteiger partial charge in [-0.15, -0.1) is 13.2 Å². The van der Waals surface area contributed by atoms with Gasteiger partial charge in [0.05, 0.1) is 6.26 Å². The lowest BCUT2D eigenvalue weighted by atomic mass is 10.1. The summed E-state index contributed by atoms with van der Waals surface area (Å²) >= 11 is 0. The molecule has 1 saturated carbocycles. The van der Waals surface area contributed by atoms with E-state index in [0.29, 0.717) is 12.0 Å². The second-order valence-electron chi connectivity index (χ2n) is 4.80. The second kappa shape index (κ2) is 5.21. The maximum absolute atomic E-state index is 12.0. The van der Waals surface area contributed by atoms with E-state index in [2.05, 4.69) is 4.74 Å². The molecule has 1 aliphatic rings. The number of carbonyl (C=O) groups is 1. The molecule has 1 N–H and O–H groups in total. The number of benzene rings is 1. The van der Waals surface area contributed by atoms with Crippen molar-refractivity contribution in [3.8, 4) is 5.75 Å². The Morgan fingerprint density at radius 1 is 1.29 bits per heavy atom. The maximum atomic E-state index is 12.0. The Morgan fingerprint density at radius 3 is 2.33 bits per heavy atom. The van der Waals surface area contributed by atoms with Gasteiger partial charge in [0.25, 0.3) is 0 Å². The van der Waals surface area contributed by atoms with Crippen molar-refractivity contribution in [1.29, 1.82) is 0 Å². The molecular weight excluding hydrogens is 311 g/mol. The molecule has 116 valence electrons. The minimum absolute atomic E-state index is 0.188. The summed E-state index contributed by atoms with van der Waals surface area (Å²) in [7, 11) is -3.61. The summed E-state index contributed by atoms with van der Waals surface area (Å²) in [5.74, 6) is -1.61. The molecule has 1 aromatic carbocycles. The van der Waals surface area contributed by atoms with Crippen molar-refractivity contribution in [2.45, 2.75) is 18.7 Å². The van der Waals surface area contributed by atoms with Gasteiger partial charge in [0.2, 0.25) is 15.9 Å². The van der Waals surface area contributed by atoms with Crippen LogP contribution >= 0.6 is 0 Å². The van der Waals surface area contributed by atoms with Crippen LogP contribution in [0.2, 0.25) is 0 Å². The van der Waals surface area contributed by atoms with Crippen molar-refractivity contribution in [3.63, 3.8) is 0 Å². The molecule has 5 nitrogen and oxygen atoms in total. The number of sulfonamides is 1. The molecule has 9 heteroatoms. The molecule has 0 bridgehead atoms. The Balaban J connectivity index is 1.98. The van der Waals surface area contributed by atoms with E-state index in [1.807, 2.05) is 4.72 Å². The summed E-state index contributed by atoms with van der Waals surface area (Å²) in [6.45, 7) is 0. The molecule has 1 aliphatic carbocycles. The lowest BCUT2D eigenvalue weighted by Crippen LogP contribution is -2.30. The Bertz CT molecular complexity index is 639. The monoisotopic (exact) mass is 323 g/mol. The Morgan fingerprint density at radius 2 is 1.86 bits per heavy atom. The first kappa shape index (κ1) is 15.6. The van der Waals surface area contributed by atoms with Crippen molar-refractivity contribution in [1.82, 2.24) is 4.72 Å². The largest absolute Gasteiger partial charge is 0.573 e. The highest BCUT2D eigenvalue weighted by molar-refractivity contribution is 7.89.